The zero-order valence-corrected chi connectivity index (χ0v) is 15.3. The Bertz CT molecular complexity index is 609. The second kappa shape index (κ2) is 6.83. The number of methoxy groups -OCH3 is 1. The van der Waals surface area contributed by atoms with Crippen LogP contribution in [0.3, 0.4) is 0 Å². The molecule has 0 aliphatic carbocycles. The van der Waals surface area contributed by atoms with Gasteiger partial charge in [0.05, 0.1) is 21.7 Å². The Morgan fingerprint density at radius 2 is 1.75 bits per heavy atom. The van der Waals surface area contributed by atoms with Crippen molar-refractivity contribution in [2.45, 2.75) is 6.54 Å². The minimum Gasteiger partial charge on any atom is -0.506 e. The number of hydrogen-bond acceptors (Lipinski definition) is 3. The second-order valence-corrected chi connectivity index (χ2v) is 6.73. The lowest BCUT2D eigenvalue weighted by Gasteiger charge is -2.12. The highest BCUT2D eigenvalue weighted by molar-refractivity contribution is 9.11. The van der Waals surface area contributed by atoms with Gasteiger partial charge in [0.25, 0.3) is 0 Å². The smallest absolute Gasteiger partial charge is 0.143 e. The zero-order chi connectivity index (χ0) is 14.7. The summed E-state index contributed by atoms with van der Waals surface area (Å²) in [6.45, 7) is 0.615. The number of ether oxygens (including phenoxy) is 1. The van der Waals surface area contributed by atoms with E-state index < -0.39 is 0 Å². The van der Waals surface area contributed by atoms with Gasteiger partial charge in [-0.05, 0) is 67.8 Å². The lowest BCUT2D eigenvalue weighted by Crippen LogP contribution is -2.01. The first-order valence-electron chi connectivity index (χ1n) is 5.75. The van der Waals surface area contributed by atoms with Crippen molar-refractivity contribution in [3.63, 3.8) is 0 Å². The molecule has 0 aliphatic heterocycles. The molecular weight excluding hydrogens is 454 g/mol. The quantitative estimate of drug-likeness (QED) is 0.643. The summed E-state index contributed by atoms with van der Waals surface area (Å²) in [6, 6.07) is 9.53. The van der Waals surface area contributed by atoms with Gasteiger partial charge in [-0.1, -0.05) is 15.9 Å². The van der Waals surface area contributed by atoms with Crippen molar-refractivity contribution in [3.8, 4) is 11.5 Å². The number of hydrogen-bond donors (Lipinski definition) is 2. The Hall–Kier alpha value is -0.720. The Balaban J connectivity index is 2.18. The van der Waals surface area contributed by atoms with Crippen molar-refractivity contribution < 1.29 is 9.84 Å². The predicted octanol–water partition coefficient (Wildman–Crippen LogP) is 5.30. The minimum absolute atomic E-state index is 0.203. The van der Waals surface area contributed by atoms with E-state index in [2.05, 4.69) is 53.1 Å². The summed E-state index contributed by atoms with van der Waals surface area (Å²) < 4.78 is 7.61. The highest BCUT2D eigenvalue weighted by atomic mass is 79.9. The van der Waals surface area contributed by atoms with Gasteiger partial charge in [0.2, 0.25) is 0 Å². The van der Waals surface area contributed by atoms with E-state index in [1.807, 2.05) is 30.3 Å². The van der Waals surface area contributed by atoms with Crippen LogP contribution in [0.4, 0.5) is 5.69 Å². The Morgan fingerprint density at radius 3 is 2.35 bits per heavy atom. The van der Waals surface area contributed by atoms with Crippen LogP contribution in [0.2, 0.25) is 0 Å². The molecule has 2 N–H and O–H groups in total. The van der Waals surface area contributed by atoms with Crippen molar-refractivity contribution in [3.05, 3.63) is 49.3 Å². The van der Waals surface area contributed by atoms with Crippen LogP contribution in [0.25, 0.3) is 0 Å². The van der Waals surface area contributed by atoms with Gasteiger partial charge < -0.3 is 15.2 Å². The van der Waals surface area contributed by atoms with Crippen LogP contribution < -0.4 is 10.1 Å². The van der Waals surface area contributed by atoms with Gasteiger partial charge in [0, 0.05) is 11.0 Å². The van der Waals surface area contributed by atoms with Crippen LogP contribution in [0.5, 0.6) is 11.5 Å². The third-order valence-electron chi connectivity index (χ3n) is 2.72. The summed E-state index contributed by atoms with van der Waals surface area (Å²) in [7, 11) is 1.64. The Morgan fingerprint density at radius 1 is 1.10 bits per heavy atom. The van der Waals surface area contributed by atoms with Gasteiger partial charge in [0.1, 0.15) is 11.5 Å². The van der Waals surface area contributed by atoms with Crippen LogP contribution in [0, 0.1) is 0 Å². The van der Waals surface area contributed by atoms with E-state index in [4.69, 9.17) is 4.74 Å². The number of benzene rings is 2. The normalized spacial score (nSPS) is 10.4. The van der Waals surface area contributed by atoms with E-state index in [0.717, 1.165) is 21.5 Å². The van der Waals surface area contributed by atoms with E-state index in [1.165, 1.54) is 0 Å². The molecule has 0 spiro atoms. The fourth-order valence-electron chi connectivity index (χ4n) is 1.74. The van der Waals surface area contributed by atoms with Gasteiger partial charge in [-0.2, -0.15) is 0 Å². The van der Waals surface area contributed by atoms with Crippen molar-refractivity contribution in [2.24, 2.45) is 0 Å². The monoisotopic (exact) mass is 463 g/mol. The van der Waals surface area contributed by atoms with Gasteiger partial charge in [-0.25, -0.2) is 0 Å². The molecule has 2 rings (SSSR count). The molecule has 0 atom stereocenters. The largest absolute Gasteiger partial charge is 0.506 e. The molecule has 2 aromatic rings. The van der Waals surface area contributed by atoms with Crippen LogP contribution in [-0.2, 0) is 6.54 Å². The molecule has 20 heavy (non-hydrogen) atoms. The van der Waals surface area contributed by atoms with Crippen molar-refractivity contribution in [1.82, 2.24) is 0 Å². The van der Waals surface area contributed by atoms with Crippen LogP contribution >= 0.6 is 47.8 Å². The molecule has 0 saturated heterocycles. The molecule has 0 bridgehead atoms. The van der Waals surface area contributed by atoms with Crippen LogP contribution in [0.1, 0.15) is 5.56 Å². The maximum atomic E-state index is 9.69. The molecule has 0 unspecified atom stereocenters. The van der Waals surface area contributed by atoms with Gasteiger partial charge in [-0.3, -0.25) is 0 Å². The summed E-state index contributed by atoms with van der Waals surface area (Å²) in [4.78, 5) is 0. The number of rotatable bonds is 4. The van der Waals surface area contributed by atoms with Crippen molar-refractivity contribution in [2.75, 3.05) is 12.4 Å². The molecule has 3 nitrogen and oxygen atoms in total. The first-order valence-corrected chi connectivity index (χ1v) is 8.13. The molecule has 0 amide bonds. The van der Waals surface area contributed by atoms with E-state index in [0.29, 0.717) is 15.5 Å². The Kier molecular flexibility index (Phi) is 5.35. The molecule has 0 aliphatic rings. The summed E-state index contributed by atoms with van der Waals surface area (Å²) in [5, 5.41) is 13.0. The lowest BCUT2D eigenvalue weighted by molar-refractivity contribution is 0.416. The highest BCUT2D eigenvalue weighted by Gasteiger charge is 2.07. The highest BCUT2D eigenvalue weighted by Crippen LogP contribution is 2.34. The molecule has 106 valence electrons. The number of anilines is 1. The van der Waals surface area contributed by atoms with Gasteiger partial charge in [0.15, 0.2) is 0 Å². The van der Waals surface area contributed by atoms with Gasteiger partial charge in [-0.15, -0.1) is 0 Å². The fraction of sp³-hybridized carbons (Fsp3) is 0.143. The Labute approximate surface area is 142 Å². The van der Waals surface area contributed by atoms with Crippen LogP contribution in [0.15, 0.2) is 43.7 Å². The molecule has 0 saturated carbocycles. The van der Waals surface area contributed by atoms with E-state index in [-0.39, 0.29) is 5.75 Å². The van der Waals surface area contributed by atoms with Crippen molar-refractivity contribution >= 4 is 53.5 Å². The maximum absolute atomic E-state index is 9.69. The topological polar surface area (TPSA) is 41.5 Å². The number of aromatic hydroxyl groups is 1. The van der Waals surface area contributed by atoms with E-state index in [1.54, 1.807) is 7.11 Å². The molecule has 0 aromatic heterocycles. The summed E-state index contributed by atoms with van der Waals surface area (Å²) in [6.07, 6.45) is 0. The third-order valence-corrected chi connectivity index (χ3v) is 4.42. The standard InChI is InChI=1S/C14H12Br3NO2/c1-20-13-3-2-9(15)6-12(13)18-7-8-4-10(16)14(19)11(17)5-8/h2-6,18-19H,7H2,1H3. The second-order valence-electron chi connectivity index (χ2n) is 4.11. The molecule has 0 heterocycles. The summed E-state index contributed by atoms with van der Waals surface area (Å²) >= 11 is 10.1. The third kappa shape index (κ3) is 3.68. The summed E-state index contributed by atoms with van der Waals surface area (Å²) in [5.41, 5.74) is 1.94. The molecule has 0 fully saturated rings. The summed E-state index contributed by atoms with van der Waals surface area (Å²) in [5.74, 6) is 0.985. The maximum Gasteiger partial charge on any atom is 0.143 e. The molecule has 6 heteroatoms. The zero-order valence-electron chi connectivity index (χ0n) is 10.6. The average molecular weight is 466 g/mol. The fourth-order valence-corrected chi connectivity index (χ4v) is 3.38. The van der Waals surface area contributed by atoms with Crippen LogP contribution in [-0.4, -0.2) is 12.2 Å². The van der Waals surface area contributed by atoms with E-state index >= 15 is 0 Å². The number of nitrogens with one attached hydrogen (secondary N) is 1. The predicted molar refractivity (Wildman–Crippen MR) is 91.5 cm³/mol. The SMILES string of the molecule is COc1ccc(Br)cc1NCc1cc(Br)c(O)c(Br)c1. The van der Waals surface area contributed by atoms with Crippen molar-refractivity contribution in [1.29, 1.82) is 0 Å². The minimum atomic E-state index is 0.203. The molecule has 2 aromatic carbocycles. The first-order chi connectivity index (χ1) is 9.51. The average Bonchev–Trinajstić information content (AvgIpc) is 2.42. The number of halogens is 3. The molecule has 0 radical (unpaired) electrons. The first kappa shape index (κ1) is 15.7. The number of phenolic OH excluding ortho intramolecular Hbond substituents is 1. The molecular formula is C14H12Br3NO2. The van der Waals surface area contributed by atoms with E-state index in [9.17, 15) is 5.11 Å². The number of phenols is 1. The lowest BCUT2D eigenvalue weighted by atomic mass is 10.2. The van der Waals surface area contributed by atoms with Gasteiger partial charge >= 0.3 is 0 Å².